The Hall–Kier alpha value is -2.24. The summed E-state index contributed by atoms with van der Waals surface area (Å²) in [5.74, 6) is -2.09. The Bertz CT molecular complexity index is 589. The van der Waals surface area contributed by atoms with Gasteiger partial charge >= 0.3 is 5.97 Å². The summed E-state index contributed by atoms with van der Waals surface area (Å²) in [5.41, 5.74) is -0.181. The van der Waals surface area contributed by atoms with Gasteiger partial charge in [0.1, 0.15) is 0 Å². The number of aromatic nitrogens is 1. The van der Waals surface area contributed by atoms with Crippen molar-refractivity contribution in [3.8, 4) is 0 Å². The predicted octanol–water partition coefficient (Wildman–Crippen LogP) is 1.32. The van der Waals surface area contributed by atoms with Crippen LogP contribution in [0.3, 0.4) is 0 Å². The molecule has 2 fully saturated rings. The fourth-order valence-corrected chi connectivity index (χ4v) is 3.26. The lowest BCUT2D eigenvalue weighted by Gasteiger charge is -2.18. The standard InChI is InChI=1S/C14H14N2O4/c1-7-5-8-9(6-7)13(18)16(12(8)17)10-3-2-4-15-11(10)14(19)20/h2-4,7-9H,5-6H2,1H3,(H,19,20). The zero-order chi connectivity index (χ0) is 14.4. The number of amides is 2. The van der Waals surface area contributed by atoms with Crippen LogP contribution in [0.4, 0.5) is 5.69 Å². The molecule has 2 unspecified atom stereocenters. The van der Waals surface area contributed by atoms with Crippen LogP contribution >= 0.6 is 0 Å². The molecule has 0 radical (unpaired) electrons. The highest BCUT2D eigenvalue weighted by atomic mass is 16.4. The topological polar surface area (TPSA) is 87.6 Å². The SMILES string of the molecule is CC1CC2C(=O)N(c3cccnc3C(=O)O)C(=O)C2C1. The zero-order valence-electron chi connectivity index (χ0n) is 10.9. The molecule has 0 spiro atoms. The average molecular weight is 274 g/mol. The number of anilines is 1. The van der Waals surface area contributed by atoms with Crippen molar-refractivity contribution in [1.82, 2.24) is 4.98 Å². The smallest absolute Gasteiger partial charge is 0.356 e. The second-order valence-electron chi connectivity index (χ2n) is 5.48. The number of nitrogens with zero attached hydrogens (tertiary/aromatic N) is 2. The fourth-order valence-electron chi connectivity index (χ4n) is 3.26. The van der Waals surface area contributed by atoms with Crippen LogP contribution in [0.1, 0.15) is 30.3 Å². The van der Waals surface area contributed by atoms with Crippen molar-refractivity contribution in [2.75, 3.05) is 4.90 Å². The maximum atomic E-state index is 12.4. The van der Waals surface area contributed by atoms with Crippen LogP contribution in [0.25, 0.3) is 0 Å². The minimum atomic E-state index is -1.24. The number of hydrogen-bond acceptors (Lipinski definition) is 4. The molecule has 1 saturated heterocycles. The van der Waals surface area contributed by atoms with Crippen molar-refractivity contribution in [3.05, 3.63) is 24.0 Å². The second kappa shape index (κ2) is 4.40. The molecule has 6 heteroatoms. The van der Waals surface area contributed by atoms with E-state index in [2.05, 4.69) is 4.98 Å². The maximum absolute atomic E-state index is 12.4. The van der Waals surface area contributed by atoms with E-state index in [1.54, 1.807) is 0 Å². The number of imide groups is 1. The Kier molecular flexibility index (Phi) is 2.81. The molecule has 1 saturated carbocycles. The van der Waals surface area contributed by atoms with Crippen LogP contribution in [-0.2, 0) is 9.59 Å². The lowest BCUT2D eigenvalue weighted by Crippen LogP contribution is -2.33. The van der Waals surface area contributed by atoms with Crippen molar-refractivity contribution in [3.63, 3.8) is 0 Å². The molecule has 6 nitrogen and oxygen atoms in total. The largest absolute Gasteiger partial charge is 0.476 e. The molecule has 1 aliphatic carbocycles. The first-order valence-corrected chi connectivity index (χ1v) is 6.56. The van der Waals surface area contributed by atoms with Crippen molar-refractivity contribution in [2.45, 2.75) is 19.8 Å². The van der Waals surface area contributed by atoms with E-state index in [-0.39, 0.29) is 35.0 Å². The molecular weight excluding hydrogens is 260 g/mol. The summed E-state index contributed by atoms with van der Waals surface area (Å²) in [4.78, 5) is 40.8. The number of fused-ring (bicyclic) bond motifs is 1. The third-order valence-electron chi connectivity index (χ3n) is 4.10. The number of aromatic carboxylic acids is 1. The van der Waals surface area contributed by atoms with Crippen molar-refractivity contribution >= 4 is 23.5 Å². The van der Waals surface area contributed by atoms with Gasteiger partial charge in [0.15, 0.2) is 5.69 Å². The molecule has 2 amide bonds. The van der Waals surface area contributed by atoms with Gasteiger partial charge in [-0.25, -0.2) is 14.7 Å². The van der Waals surface area contributed by atoms with Gasteiger partial charge in [0.25, 0.3) is 0 Å². The first-order valence-electron chi connectivity index (χ1n) is 6.56. The first kappa shape index (κ1) is 12.8. The van der Waals surface area contributed by atoms with Crippen LogP contribution in [0.15, 0.2) is 18.3 Å². The molecule has 2 aliphatic rings. The summed E-state index contributed by atoms with van der Waals surface area (Å²) < 4.78 is 0. The molecule has 20 heavy (non-hydrogen) atoms. The maximum Gasteiger partial charge on any atom is 0.356 e. The normalized spacial score (nSPS) is 28.9. The van der Waals surface area contributed by atoms with Gasteiger partial charge in [-0.2, -0.15) is 0 Å². The summed E-state index contributed by atoms with van der Waals surface area (Å²) in [6, 6.07) is 2.98. The average Bonchev–Trinajstić information content (AvgIpc) is 2.89. The van der Waals surface area contributed by atoms with Gasteiger partial charge in [-0.3, -0.25) is 9.59 Å². The molecule has 1 aromatic heterocycles. The van der Waals surface area contributed by atoms with Gasteiger partial charge in [-0.1, -0.05) is 6.92 Å². The van der Waals surface area contributed by atoms with Crippen LogP contribution in [0.5, 0.6) is 0 Å². The first-order chi connectivity index (χ1) is 9.50. The molecule has 0 aromatic carbocycles. The Morgan fingerprint density at radius 1 is 1.30 bits per heavy atom. The summed E-state index contributed by atoms with van der Waals surface area (Å²) >= 11 is 0. The van der Waals surface area contributed by atoms with Gasteiger partial charge < -0.3 is 5.11 Å². The van der Waals surface area contributed by atoms with Crippen molar-refractivity contribution in [1.29, 1.82) is 0 Å². The van der Waals surface area contributed by atoms with E-state index in [4.69, 9.17) is 5.11 Å². The number of rotatable bonds is 2. The zero-order valence-corrected chi connectivity index (χ0v) is 10.9. The molecular formula is C14H14N2O4. The van der Waals surface area contributed by atoms with E-state index < -0.39 is 5.97 Å². The summed E-state index contributed by atoms with van der Waals surface area (Å²) in [6.45, 7) is 2.02. The van der Waals surface area contributed by atoms with Crippen molar-refractivity contribution < 1.29 is 19.5 Å². The Labute approximate surface area is 115 Å². The lowest BCUT2D eigenvalue weighted by atomic mass is 10.00. The Balaban J connectivity index is 2.03. The molecule has 1 aromatic rings. The van der Waals surface area contributed by atoms with E-state index >= 15 is 0 Å². The molecule has 1 aliphatic heterocycles. The van der Waals surface area contributed by atoms with E-state index in [1.165, 1.54) is 18.3 Å². The molecule has 3 rings (SSSR count). The van der Waals surface area contributed by atoms with Crippen molar-refractivity contribution in [2.24, 2.45) is 17.8 Å². The number of carbonyl (C=O) groups excluding carboxylic acids is 2. The number of hydrogen-bond donors (Lipinski definition) is 1. The predicted molar refractivity (Wildman–Crippen MR) is 69.1 cm³/mol. The minimum absolute atomic E-state index is 0.0806. The monoisotopic (exact) mass is 274 g/mol. The molecule has 1 N–H and O–H groups in total. The van der Waals surface area contributed by atoms with Crippen LogP contribution in [0.2, 0.25) is 0 Å². The highest BCUT2D eigenvalue weighted by molar-refractivity contribution is 6.23. The number of carbonyl (C=O) groups is 3. The van der Waals surface area contributed by atoms with Crippen LogP contribution < -0.4 is 4.90 Å². The van der Waals surface area contributed by atoms with Crippen LogP contribution in [0, 0.1) is 17.8 Å². The summed E-state index contributed by atoms with van der Waals surface area (Å²) in [6.07, 6.45) is 2.71. The molecule has 2 heterocycles. The highest BCUT2D eigenvalue weighted by Crippen LogP contribution is 2.44. The number of pyridine rings is 1. The highest BCUT2D eigenvalue weighted by Gasteiger charge is 2.52. The number of carboxylic acids is 1. The van der Waals surface area contributed by atoms with Gasteiger partial charge in [-0.15, -0.1) is 0 Å². The quantitative estimate of drug-likeness (QED) is 0.822. The summed E-state index contributed by atoms with van der Waals surface area (Å²) in [7, 11) is 0. The molecule has 2 atom stereocenters. The fraction of sp³-hybridized carbons (Fsp3) is 0.429. The van der Waals surface area contributed by atoms with Gasteiger partial charge in [0.05, 0.1) is 17.5 Å². The second-order valence-corrected chi connectivity index (χ2v) is 5.48. The third-order valence-corrected chi connectivity index (χ3v) is 4.10. The number of carboxylic acid groups (broad SMARTS) is 1. The lowest BCUT2D eigenvalue weighted by molar-refractivity contribution is -0.123. The van der Waals surface area contributed by atoms with E-state index in [0.29, 0.717) is 18.8 Å². The minimum Gasteiger partial charge on any atom is -0.476 e. The Morgan fingerprint density at radius 2 is 1.90 bits per heavy atom. The van der Waals surface area contributed by atoms with Gasteiger partial charge in [0, 0.05) is 6.20 Å². The van der Waals surface area contributed by atoms with Gasteiger partial charge in [0.2, 0.25) is 11.8 Å². The molecule has 0 bridgehead atoms. The summed E-state index contributed by atoms with van der Waals surface area (Å²) in [5, 5.41) is 9.13. The van der Waals surface area contributed by atoms with Gasteiger partial charge in [-0.05, 0) is 30.9 Å². The Morgan fingerprint density at radius 3 is 2.45 bits per heavy atom. The molecule has 104 valence electrons. The van der Waals surface area contributed by atoms with Crippen LogP contribution in [-0.4, -0.2) is 27.9 Å². The van der Waals surface area contributed by atoms with E-state index in [1.807, 2.05) is 6.92 Å². The third kappa shape index (κ3) is 1.71. The van der Waals surface area contributed by atoms with E-state index in [0.717, 1.165) is 4.90 Å². The van der Waals surface area contributed by atoms with E-state index in [9.17, 15) is 14.4 Å².